The zero-order valence-corrected chi connectivity index (χ0v) is 10.5. The molecule has 5 heteroatoms. The first kappa shape index (κ1) is 10.5. The van der Waals surface area contributed by atoms with Gasteiger partial charge in [0.15, 0.2) is 0 Å². The van der Waals surface area contributed by atoms with Gasteiger partial charge in [-0.3, -0.25) is 0 Å². The highest BCUT2D eigenvalue weighted by molar-refractivity contribution is 7.15. The third kappa shape index (κ3) is 1.82. The maximum atomic E-state index is 5.94. The Balaban J connectivity index is 1.71. The standard InChI is InChI=1S/C11H17N3OS/c1-7-5-9-3-4-14(6-10(9)15-7)11-13-12-8(2)16-11/h7,9-10H,3-6H2,1-2H3/t7-,9-,10+/m0/s1. The molecule has 88 valence electrons. The van der Waals surface area contributed by atoms with Crippen LogP contribution in [-0.4, -0.2) is 35.5 Å². The Morgan fingerprint density at radius 1 is 1.44 bits per heavy atom. The molecule has 0 spiro atoms. The van der Waals surface area contributed by atoms with Crippen molar-refractivity contribution in [1.82, 2.24) is 10.2 Å². The van der Waals surface area contributed by atoms with Crippen molar-refractivity contribution in [1.29, 1.82) is 0 Å². The number of aromatic nitrogens is 2. The average Bonchev–Trinajstić information content (AvgIpc) is 2.81. The molecule has 0 N–H and O–H groups in total. The van der Waals surface area contributed by atoms with E-state index in [1.807, 2.05) is 6.92 Å². The van der Waals surface area contributed by atoms with Gasteiger partial charge in [0.1, 0.15) is 5.01 Å². The van der Waals surface area contributed by atoms with Crippen LogP contribution in [0.3, 0.4) is 0 Å². The van der Waals surface area contributed by atoms with Gasteiger partial charge < -0.3 is 9.64 Å². The molecule has 3 atom stereocenters. The SMILES string of the molecule is Cc1nnc(N2CC[C@H]3C[C@H](C)O[C@@H]3C2)s1. The number of hydrogen-bond acceptors (Lipinski definition) is 5. The summed E-state index contributed by atoms with van der Waals surface area (Å²) in [5.74, 6) is 0.764. The maximum Gasteiger partial charge on any atom is 0.208 e. The highest BCUT2D eigenvalue weighted by Gasteiger charge is 2.37. The summed E-state index contributed by atoms with van der Waals surface area (Å²) in [5.41, 5.74) is 0. The fourth-order valence-electron chi connectivity index (χ4n) is 2.76. The van der Waals surface area contributed by atoms with Gasteiger partial charge in [0.25, 0.3) is 0 Å². The van der Waals surface area contributed by atoms with E-state index in [-0.39, 0.29) is 0 Å². The van der Waals surface area contributed by atoms with Gasteiger partial charge in [0.05, 0.1) is 12.2 Å². The quantitative estimate of drug-likeness (QED) is 0.749. The first-order valence-corrected chi connectivity index (χ1v) is 6.74. The molecule has 3 rings (SSSR count). The molecular formula is C11H17N3OS. The number of hydrogen-bond donors (Lipinski definition) is 0. The van der Waals surface area contributed by atoms with Gasteiger partial charge in [0, 0.05) is 13.1 Å². The molecule has 4 nitrogen and oxygen atoms in total. The molecule has 2 aliphatic rings. The third-order valence-corrected chi connectivity index (χ3v) is 4.42. The van der Waals surface area contributed by atoms with E-state index in [1.165, 1.54) is 12.8 Å². The Kier molecular flexibility index (Phi) is 2.59. The van der Waals surface area contributed by atoms with Gasteiger partial charge in [-0.2, -0.15) is 0 Å². The lowest BCUT2D eigenvalue weighted by atomic mass is 9.92. The molecule has 0 bridgehead atoms. The van der Waals surface area contributed by atoms with Crippen LogP contribution in [0.25, 0.3) is 0 Å². The summed E-state index contributed by atoms with van der Waals surface area (Å²) in [4.78, 5) is 2.32. The van der Waals surface area contributed by atoms with E-state index in [1.54, 1.807) is 11.3 Å². The van der Waals surface area contributed by atoms with Gasteiger partial charge in [-0.05, 0) is 32.6 Å². The van der Waals surface area contributed by atoms with Crippen molar-refractivity contribution >= 4 is 16.5 Å². The van der Waals surface area contributed by atoms with Crippen LogP contribution in [-0.2, 0) is 4.74 Å². The molecule has 0 aliphatic carbocycles. The lowest BCUT2D eigenvalue weighted by Crippen LogP contribution is -2.42. The number of fused-ring (bicyclic) bond motifs is 1. The van der Waals surface area contributed by atoms with E-state index < -0.39 is 0 Å². The van der Waals surface area contributed by atoms with E-state index in [2.05, 4.69) is 22.0 Å². The zero-order chi connectivity index (χ0) is 11.1. The monoisotopic (exact) mass is 239 g/mol. The summed E-state index contributed by atoms with van der Waals surface area (Å²) in [6, 6.07) is 0. The number of rotatable bonds is 1. The molecule has 0 radical (unpaired) electrons. The highest BCUT2D eigenvalue weighted by atomic mass is 32.1. The molecule has 3 heterocycles. The van der Waals surface area contributed by atoms with Gasteiger partial charge in [-0.25, -0.2) is 0 Å². The number of anilines is 1. The smallest absolute Gasteiger partial charge is 0.208 e. The van der Waals surface area contributed by atoms with Crippen molar-refractivity contribution in [2.75, 3.05) is 18.0 Å². The van der Waals surface area contributed by atoms with Crippen molar-refractivity contribution in [3.63, 3.8) is 0 Å². The lowest BCUT2D eigenvalue weighted by Gasteiger charge is -2.33. The summed E-state index contributed by atoms with van der Waals surface area (Å²) in [6.07, 6.45) is 3.31. The van der Waals surface area contributed by atoms with Crippen LogP contribution in [0, 0.1) is 12.8 Å². The number of piperidine rings is 1. The molecular weight excluding hydrogens is 222 g/mol. The average molecular weight is 239 g/mol. The normalized spacial score (nSPS) is 34.1. The summed E-state index contributed by atoms with van der Waals surface area (Å²) in [7, 11) is 0. The zero-order valence-electron chi connectivity index (χ0n) is 9.72. The van der Waals surface area contributed by atoms with Crippen molar-refractivity contribution in [3.05, 3.63) is 5.01 Å². The molecule has 2 aliphatic heterocycles. The second-order valence-electron chi connectivity index (χ2n) is 4.82. The second-order valence-corrected chi connectivity index (χ2v) is 5.98. The van der Waals surface area contributed by atoms with Crippen LogP contribution < -0.4 is 4.90 Å². The third-order valence-electron chi connectivity index (χ3n) is 3.52. The van der Waals surface area contributed by atoms with Crippen molar-refractivity contribution in [2.24, 2.45) is 5.92 Å². The minimum absolute atomic E-state index is 0.410. The second kappa shape index (κ2) is 3.96. The molecule has 0 aromatic carbocycles. The topological polar surface area (TPSA) is 38.2 Å². The van der Waals surface area contributed by atoms with E-state index in [0.29, 0.717) is 12.2 Å². The Morgan fingerprint density at radius 3 is 3.06 bits per heavy atom. The fraction of sp³-hybridized carbons (Fsp3) is 0.818. The molecule has 1 aromatic heterocycles. The Hall–Kier alpha value is -0.680. The highest BCUT2D eigenvalue weighted by Crippen LogP contribution is 2.35. The van der Waals surface area contributed by atoms with Crippen LogP contribution in [0.2, 0.25) is 0 Å². The molecule has 16 heavy (non-hydrogen) atoms. The van der Waals surface area contributed by atoms with Crippen LogP contribution >= 0.6 is 11.3 Å². The maximum absolute atomic E-state index is 5.94. The van der Waals surface area contributed by atoms with Crippen LogP contribution in [0.4, 0.5) is 5.13 Å². The molecule has 0 saturated carbocycles. The Labute approximate surface area is 99.6 Å². The Morgan fingerprint density at radius 2 is 2.31 bits per heavy atom. The minimum Gasteiger partial charge on any atom is -0.373 e. The predicted octanol–water partition coefficient (Wildman–Crippen LogP) is 1.85. The van der Waals surface area contributed by atoms with Gasteiger partial charge in [-0.1, -0.05) is 11.3 Å². The van der Waals surface area contributed by atoms with Crippen LogP contribution in [0.5, 0.6) is 0 Å². The first-order chi connectivity index (χ1) is 7.72. The van der Waals surface area contributed by atoms with Crippen LogP contribution in [0.1, 0.15) is 24.8 Å². The Bertz CT molecular complexity index is 381. The molecule has 2 saturated heterocycles. The first-order valence-electron chi connectivity index (χ1n) is 5.93. The lowest BCUT2D eigenvalue weighted by molar-refractivity contribution is 0.0414. The summed E-state index contributed by atoms with van der Waals surface area (Å²) < 4.78 is 5.94. The van der Waals surface area contributed by atoms with Crippen molar-refractivity contribution < 1.29 is 4.74 Å². The number of aryl methyl sites for hydroxylation is 1. The van der Waals surface area contributed by atoms with E-state index in [4.69, 9.17) is 4.74 Å². The van der Waals surface area contributed by atoms with Crippen LogP contribution in [0.15, 0.2) is 0 Å². The minimum atomic E-state index is 0.410. The summed E-state index contributed by atoms with van der Waals surface area (Å²) in [6.45, 7) is 6.27. The summed E-state index contributed by atoms with van der Waals surface area (Å²) >= 11 is 1.68. The predicted molar refractivity (Wildman–Crippen MR) is 63.9 cm³/mol. The number of nitrogens with zero attached hydrogens (tertiary/aromatic N) is 3. The van der Waals surface area contributed by atoms with E-state index >= 15 is 0 Å². The molecule has 1 aromatic rings. The largest absolute Gasteiger partial charge is 0.373 e. The van der Waals surface area contributed by atoms with Gasteiger partial charge in [-0.15, -0.1) is 10.2 Å². The molecule has 0 unspecified atom stereocenters. The fourth-order valence-corrected chi connectivity index (χ4v) is 3.48. The van der Waals surface area contributed by atoms with Crippen molar-refractivity contribution in [2.45, 2.75) is 38.9 Å². The van der Waals surface area contributed by atoms with Gasteiger partial charge in [0.2, 0.25) is 5.13 Å². The summed E-state index contributed by atoms with van der Waals surface area (Å²) in [5, 5.41) is 10.4. The van der Waals surface area contributed by atoms with E-state index in [0.717, 1.165) is 29.1 Å². The van der Waals surface area contributed by atoms with Crippen molar-refractivity contribution in [3.8, 4) is 0 Å². The van der Waals surface area contributed by atoms with E-state index in [9.17, 15) is 0 Å². The molecule has 0 amide bonds. The molecule has 2 fully saturated rings. The van der Waals surface area contributed by atoms with Gasteiger partial charge >= 0.3 is 0 Å². The number of ether oxygens (including phenoxy) is 1.